The Hall–Kier alpha value is -1.33. The van der Waals surface area contributed by atoms with Gasteiger partial charge in [-0.05, 0) is 26.8 Å². The van der Waals surface area contributed by atoms with Crippen molar-refractivity contribution in [3.05, 3.63) is 23.2 Å². The zero-order valence-corrected chi connectivity index (χ0v) is 10.9. The first kappa shape index (κ1) is 13.7. The largest absolute Gasteiger partial charge is 0.466 e. The minimum Gasteiger partial charge on any atom is -0.466 e. The summed E-state index contributed by atoms with van der Waals surface area (Å²) in [7, 11) is 3.06. The quantitative estimate of drug-likeness (QED) is 0.796. The smallest absolute Gasteiger partial charge is 0.255 e. The molecule has 1 atom stereocenters. The molecule has 0 radical (unpaired) electrons. The molecule has 1 unspecified atom stereocenters. The van der Waals surface area contributed by atoms with Gasteiger partial charge in [-0.15, -0.1) is 0 Å². The van der Waals surface area contributed by atoms with Gasteiger partial charge in [0.15, 0.2) is 6.29 Å². The molecule has 0 aromatic carbocycles. The summed E-state index contributed by atoms with van der Waals surface area (Å²) in [5.41, 5.74) is 0.542. The van der Waals surface area contributed by atoms with Gasteiger partial charge >= 0.3 is 0 Å². The number of carbonyl (C=O) groups excluding carboxylic acids is 1. The van der Waals surface area contributed by atoms with Gasteiger partial charge in [-0.25, -0.2) is 0 Å². The van der Waals surface area contributed by atoms with E-state index in [1.54, 1.807) is 19.9 Å². The molecular weight excluding hydrogens is 222 g/mol. The van der Waals surface area contributed by atoms with Crippen LogP contribution in [0.5, 0.6) is 0 Å². The molecule has 1 rings (SSSR count). The second-order valence-electron chi connectivity index (χ2n) is 3.93. The maximum Gasteiger partial charge on any atom is 0.255 e. The van der Waals surface area contributed by atoms with E-state index >= 15 is 0 Å². The number of furan rings is 1. The summed E-state index contributed by atoms with van der Waals surface area (Å²) in [6.07, 6.45) is -0.466. The number of nitrogens with one attached hydrogen (secondary N) is 1. The van der Waals surface area contributed by atoms with Crippen LogP contribution in [0.1, 0.15) is 28.8 Å². The van der Waals surface area contributed by atoms with Crippen LogP contribution < -0.4 is 5.32 Å². The van der Waals surface area contributed by atoms with E-state index in [9.17, 15) is 4.79 Å². The van der Waals surface area contributed by atoms with Crippen LogP contribution in [0.3, 0.4) is 0 Å². The molecule has 1 aromatic rings. The predicted octanol–water partition coefficient (Wildman–Crippen LogP) is 1.63. The molecule has 0 aliphatic carbocycles. The lowest BCUT2D eigenvalue weighted by atomic mass is 10.2. The van der Waals surface area contributed by atoms with Crippen LogP contribution in [0.25, 0.3) is 0 Å². The molecule has 1 aromatic heterocycles. The Labute approximate surface area is 101 Å². The van der Waals surface area contributed by atoms with Crippen molar-refractivity contribution < 1.29 is 18.7 Å². The average molecular weight is 241 g/mol. The number of carbonyl (C=O) groups is 1. The second kappa shape index (κ2) is 5.84. The van der Waals surface area contributed by atoms with E-state index in [1.165, 1.54) is 14.2 Å². The summed E-state index contributed by atoms with van der Waals surface area (Å²) >= 11 is 0. The van der Waals surface area contributed by atoms with Gasteiger partial charge < -0.3 is 19.2 Å². The Morgan fingerprint density at radius 2 is 1.94 bits per heavy atom. The highest BCUT2D eigenvalue weighted by atomic mass is 16.7. The lowest BCUT2D eigenvalue weighted by Gasteiger charge is -2.21. The Morgan fingerprint density at radius 1 is 1.35 bits per heavy atom. The van der Waals surface area contributed by atoms with Crippen molar-refractivity contribution in [2.45, 2.75) is 33.1 Å². The molecule has 1 amide bonds. The molecule has 5 nitrogen and oxygen atoms in total. The molecule has 1 N–H and O–H groups in total. The molecule has 0 aliphatic rings. The Morgan fingerprint density at radius 3 is 2.35 bits per heavy atom. The fourth-order valence-corrected chi connectivity index (χ4v) is 1.71. The summed E-state index contributed by atoms with van der Waals surface area (Å²) in [4.78, 5) is 11.9. The minimum absolute atomic E-state index is 0.189. The molecule has 0 spiro atoms. The van der Waals surface area contributed by atoms with E-state index in [-0.39, 0.29) is 11.9 Å². The van der Waals surface area contributed by atoms with Crippen LogP contribution in [0.4, 0.5) is 0 Å². The molecule has 0 bridgehead atoms. The van der Waals surface area contributed by atoms with Crippen LogP contribution in [0, 0.1) is 13.8 Å². The molecule has 0 fully saturated rings. The Kier molecular flexibility index (Phi) is 4.72. The molecular formula is C12H19NO4. The molecule has 0 saturated heterocycles. The van der Waals surface area contributed by atoms with Crippen LogP contribution >= 0.6 is 0 Å². The first-order valence-electron chi connectivity index (χ1n) is 5.43. The third-order valence-corrected chi connectivity index (χ3v) is 2.52. The molecule has 96 valence electrons. The predicted molar refractivity (Wildman–Crippen MR) is 62.9 cm³/mol. The number of hydrogen-bond donors (Lipinski definition) is 1. The lowest BCUT2D eigenvalue weighted by molar-refractivity contribution is -0.117. The van der Waals surface area contributed by atoms with Gasteiger partial charge in [-0.3, -0.25) is 4.79 Å². The number of rotatable bonds is 5. The number of aryl methyl sites for hydroxylation is 2. The zero-order valence-electron chi connectivity index (χ0n) is 10.9. The van der Waals surface area contributed by atoms with E-state index in [4.69, 9.17) is 13.9 Å². The average Bonchev–Trinajstić information content (AvgIpc) is 2.59. The number of hydrogen-bond acceptors (Lipinski definition) is 4. The van der Waals surface area contributed by atoms with Crippen molar-refractivity contribution in [2.75, 3.05) is 14.2 Å². The first-order valence-corrected chi connectivity index (χ1v) is 5.43. The first-order chi connectivity index (χ1) is 7.99. The van der Waals surface area contributed by atoms with E-state index in [0.29, 0.717) is 11.3 Å². The summed E-state index contributed by atoms with van der Waals surface area (Å²) in [6, 6.07) is 1.47. The summed E-state index contributed by atoms with van der Waals surface area (Å²) < 4.78 is 15.5. The van der Waals surface area contributed by atoms with Crippen molar-refractivity contribution in [2.24, 2.45) is 0 Å². The van der Waals surface area contributed by atoms with E-state index in [0.717, 1.165) is 5.76 Å². The summed E-state index contributed by atoms with van der Waals surface area (Å²) in [5, 5.41) is 2.80. The van der Waals surface area contributed by atoms with Crippen molar-refractivity contribution >= 4 is 5.91 Å². The highest BCUT2D eigenvalue weighted by molar-refractivity contribution is 5.95. The lowest BCUT2D eigenvalue weighted by Crippen LogP contribution is -2.43. The number of ether oxygens (including phenoxy) is 2. The molecule has 0 saturated carbocycles. The van der Waals surface area contributed by atoms with Gasteiger partial charge in [0.1, 0.15) is 11.5 Å². The monoisotopic (exact) mass is 241 g/mol. The van der Waals surface area contributed by atoms with Gasteiger partial charge in [-0.1, -0.05) is 0 Å². The Bertz CT molecular complexity index is 382. The van der Waals surface area contributed by atoms with Gasteiger partial charge in [0, 0.05) is 14.2 Å². The van der Waals surface area contributed by atoms with Crippen molar-refractivity contribution in [1.82, 2.24) is 5.32 Å². The standard InChI is InChI=1S/C12H19NO4/c1-7-6-10(9(3)17-7)11(14)13-8(2)12(15-4)16-5/h6,8,12H,1-5H3,(H,13,14). The van der Waals surface area contributed by atoms with Gasteiger partial charge in [-0.2, -0.15) is 0 Å². The van der Waals surface area contributed by atoms with Crippen LogP contribution in [0.15, 0.2) is 10.5 Å². The number of amides is 1. The third-order valence-electron chi connectivity index (χ3n) is 2.52. The normalized spacial score (nSPS) is 12.8. The van der Waals surface area contributed by atoms with Crippen LogP contribution in [-0.2, 0) is 9.47 Å². The summed E-state index contributed by atoms with van der Waals surface area (Å²) in [6.45, 7) is 5.38. The highest BCUT2D eigenvalue weighted by Crippen LogP contribution is 2.14. The zero-order chi connectivity index (χ0) is 13.0. The van der Waals surface area contributed by atoms with Crippen molar-refractivity contribution in [3.63, 3.8) is 0 Å². The van der Waals surface area contributed by atoms with Gasteiger partial charge in [0.25, 0.3) is 5.91 Å². The van der Waals surface area contributed by atoms with E-state index in [1.807, 2.05) is 6.92 Å². The van der Waals surface area contributed by atoms with Crippen LogP contribution in [-0.4, -0.2) is 32.5 Å². The molecule has 0 aliphatic heterocycles. The fourth-order valence-electron chi connectivity index (χ4n) is 1.71. The van der Waals surface area contributed by atoms with Gasteiger partial charge in [0.2, 0.25) is 0 Å². The van der Waals surface area contributed by atoms with Crippen molar-refractivity contribution in [1.29, 1.82) is 0 Å². The number of methoxy groups -OCH3 is 2. The minimum atomic E-state index is -0.466. The van der Waals surface area contributed by atoms with Crippen molar-refractivity contribution in [3.8, 4) is 0 Å². The van der Waals surface area contributed by atoms with Gasteiger partial charge in [0.05, 0.1) is 11.6 Å². The molecule has 17 heavy (non-hydrogen) atoms. The highest BCUT2D eigenvalue weighted by Gasteiger charge is 2.21. The third kappa shape index (κ3) is 3.31. The second-order valence-corrected chi connectivity index (χ2v) is 3.93. The SMILES string of the molecule is COC(OC)C(C)NC(=O)c1cc(C)oc1C. The van der Waals surface area contributed by atoms with Crippen LogP contribution in [0.2, 0.25) is 0 Å². The van der Waals surface area contributed by atoms with E-state index < -0.39 is 6.29 Å². The van der Waals surface area contributed by atoms with E-state index in [2.05, 4.69) is 5.32 Å². The molecule has 1 heterocycles. The topological polar surface area (TPSA) is 60.7 Å². The maximum absolute atomic E-state index is 11.9. The summed E-state index contributed by atoms with van der Waals surface area (Å²) in [5.74, 6) is 1.14. The Balaban J connectivity index is 2.69. The molecule has 5 heteroatoms. The maximum atomic E-state index is 11.9. The fraction of sp³-hybridized carbons (Fsp3) is 0.583.